The number of hydrogen-bond acceptors (Lipinski definition) is 4. The number of nitrogens with one attached hydrogen (secondary N) is 1. The van der Waals surface area contributed by atoms with E-state index in [0.717, 1.165) is 12.0 Å². The number of benzene rings is 1. The van der Waals surface area contributed by atoms with Crippen molar-refractivity contribution in [3.63, 3.8) is 0 Å². The lowest BCUT2D eigenvalue weighted by Gasteiger charge is -2.22. The zero-order valence-electron chi connectivity index (χ0n) is 15.8. The Balaban J connectivity index is 2.07. The van der Waals surface area contributed by atoms with Crippen molar-refractivity contribution in [1.29, 1.82) is 0 Å². The van der Waals surface area contributed by atoms with E-state index in [2.05, 4.69) is 19.2 Å². The minimum absolute atomic E-state index is 0.0615. The average Bonchev–Trinajstić information content (AvgIpc) is 3.15. The van der Waals surface area contributed by atoms with E-state index in [9.17, 15) is 9.59 Å². The zero-order valence-corrected chi connectivity index (χ0v) is 15.8. The van der Waals surface area contributed by atoms with Gasteiger partial charge in [-0.1, -0.05) is 19.9 Å². The van der Waals surface area contributed by atoms with Crippen molar-refractivity contribution < 1.29 is 14.0 Å². The van der Waals surface area contributed by atoms with Gasteiger partial charge in [-0.25, -0.2) is 0 Å². The molecule has 0 aliphatic rings. The van der Waals surface area contributed by atoms with E-state index < -0.39 is 0 Å². The van der Waals surface area contributed by atoms with Gasteiger partial charge in [0.1, 0.15) is 0 Å². The highest BCUT2D eigenvalue weighted by Gasteiger charge is 2.17. The molecule has 0 saturated heterocycles. The molecule has 1 atom stereocenters. The third-order valence-electron chi connectivity index (χ3n) is 4.48. The molecule has 6 nitrogen and oxygen atoms in total. The molecule has 0 saturated carbocycles. The van der Waals surface area contributed by atoms with Gasteiger partial charge in [-0.15, -0.1) is 0 Å². The van der Waals surface area contributed by atoms with Gasteiger partial charge >= 0.3 is 0 Å². The molecule has 1 unspecified atom stereocenters. The van der Waals surface area contributed by atoms with Crippen molar-refractivity contribution in [2.45, 2.75) is 33.2 Å². The molecular formula is C20H27N3O3. The number of aryl methyl sites for hydroxylation is 1. The molecule has 0 fully saturated rings. The van der Waals surface area contributed by atoms with E-state index in [4.69, 9.17) is 10.2 Å². The normalized spacial score (nSPS) is 12.1. The molecule has 0 radical (unpaired) electrons. The topological polar surface area (TPSA) is 88.6 Å². The first-order valence-corrected chi connectivity index (χ1v) is 8.76. The Bertz CT molecular complexity index is 754. The van der Waals surface area contributed by atoms with Crippen LogP contribution >= 0.6 is 0 Å². The summed E-state index contributed by atoms with van der Waals surface area (Å²) < 4.78 is 5.10. The molecule has 1 aromatic carbocycles. The van der Waals surface area contributed by atoms with Crippen molar-refractivity contribution in [1.82, 2.24) is 4.90 Å². The zero-order chi connectivity index (χ0) is 19.3. The Morgan fingerprint density at radius 3 is 2.62 bits per heavy atom. The number of nitrogens with zero attached hydrogens (tertiary/aromatic N) is 1. The lowest BCUT2D eigenvalue weighted by Crippen LogP contribution is -2.34. The van der Waals surface area contributed by atoms with Crippen LogP contribution in [0, 0.1) is 12.8 Å². The summed E-state index contributed by atoms with van der Waals surface area (Å²) >= 11 is 0. The van der Waals surface area contributed by atoms with Crippen LogP contribution in [0.4, 0.5) is 5.69 Å². The van der Waals surface area contributed by atoms with Crippen molar-refractivity contribution in [3.05, 3.63) is 53.5 Å². The fraction of sp³-hybridized carbons (Fsp3) is 0.400. The molecule has 2 rings (SSSR count). The predicted molar refractivity (Wildman–Crippen MR) is 102 cm³/mol. The maximum Gasteiger partial charge on any atom is 0.291 e. The van der Waals surface area contributed by atoms with Crippen LogP contribution in [0.25, 0.3) is 0 Å². The largest absolute Gasteiger partial charge is 0.459 e. The molecule has 3 N–H and O–H groups in total. The summed E-state index contributed by atoms with van der Waals surface area (Å²) in [6.45, 7) is 6.60. The third kappa shape index (κ3) is 4.95. The second kappa shape index (κ2) is 8.67. The number of nitrogens with two attached hydrogens (primary N) is 1. The predicted octanol–water partition coefficient (Wildman–Crippen LogP) is 3.29. The number of carbonyl (C=O) groups excluding carboxylic acids is 2. The number of carbonyl (C=O) groups is 2. The minimum atomic E-state index is -0.348. The highest BCUT2D eigenvalue weighted by molar-refractivity contribution is 6.03. The molecule has 6 heteroatoms. The quantitative estimate of drug-likeness (QED) is 0.796. The van der Waals surface area contributed by atoms with Gasteiger partial charge in [0.15, 0.2) is 5.76 Å². The third-order valence-corrected chi connectivity index (χ3v) is 4.48. The molecule has 2 amide bonds. The lowest BCUT2D eigenvalue weighted by molar-refractivity contribution is 0.0788. The van der Waals surface area contributed by atoms with Gasteiger partial charge < -0.3 is 20.4 Å². The number of anilines is 1. The summed E-state index contributed by atoms with van der Waals surface area (Å²) in [5, 5.41) is 2.79. The Labute approximate surface area is 154 Å². The van der Waals surface area contributed by atoms with Gasteiger partial charge in [0.05, 0.1) is 6.26 Å². The average molecular weight is 357 g/mol. The van der Waals surface area contributed by atoms with Crippen LogP contribution in [-0.2, 0) is 0 Å². The highest BCUT2D eigenvalue weighted by Crippen LogP contribution is 2.19. The molecular weight excluding hydrogens is 330 g/mol. The molecule has 0 spiro atoms. The first-order valence-electron chi connectivity index (χ1n) is 8.76. The van der Waals surface area contributed by atoms with Crippen LogP contribution in [0.2, 0.25) is 0 Å². The molecule has 0 aliphatic heterocycles. The summed E-state index contributed by atoms with van der Waals surface area (Å²) in [7, 11) is 1.76. The van der Waals surface area contributed by atoms with Crippen LogP contribution in [0.3, 0.4) is 0 Å². The van der Waals surface area contributed by atoms with Gasteiger partial charge in [-0.05, 0) is 49.1 Å². The van der Waals surface area contributed by atoms with Gasteiger partial charge in [0.2, 0.25) is 0 Å². The first-order chi connectivity index (χ1) is 12.3. The molecule has 26 heavy (non-hydrogen) atoms. The van der Waals surface area contributed by atoms with E-state index in [1.165, 1.54) is 6.26 Å². The second-order valence-electron chi connectivity index (χ2n) is 6.88. The molecule has 0 bridgehead atoms. The number of furan rings is 1. The van der Waals surface area contributed by atoms with E-state index in [1.54, 1.807) is 36.2 Å². The fourth-order valence-corrected chi connectivity index (χ4v) is 2.48. The second-order valence-corrected chi connectivity index (χ2v) is 6.88. The van der Waals surface area contributed by atoms with Crippen LogP contribution in [0.15, 0.2) is 41.0 Å². The summed E-state index contributed by atoms with van der Waals surface area (Å²) in [5.74, 6) is 0.149. The highest BCUT2D eigenvalue weighted by atomic mass is 16.3. The minimum Gasteiger partial charge on any atom is -0.459 e. The van der Waals surface area contributed by atoms with Crippen molar-refractivity contribution in [2.24, 2.45) is 11.7 Å². The van der Waals surface area contributed by atoms with Gasteiger partial charge in [-0.2, -0.15) is 0 Å². The Morgan fingerprint density at radius 2 is 2.00 bits per heavy atom. The standard InChI is InChI=1S/C20H27N3O3/c1-13(2)16(21)9-10-23(4)20(25)15-8-7-14(3)17(12-15)22-19(24)18-6-5-11-26-18/h5-8,11-13,16H,9-10,21H2,1-4H3,(H,22,24). The maximum absolute atomic E-state index is 12.7. The summed E-state index contributed by atoms with van der Waals surface area (Å²) in [4.78, 5) is 26.5. The maximum atomic E-state index is 12.7. The van der Waals surface area contributed by atoms with Crippen molar-refractivity contribution >= 4 is 17.5 Å². The summed E-state index contributed by atoms with van der Waals surface area (Å²) in [6, 6.07) is 8.57. The van der Waals surface area contributed by atoms with Crippen LogP contribution in [-0.4, -0.2) is 36.3 Å². The molecule has 1 heterocycles. The Hall–Kier alpha value is -2.60. The summed E-state index contributed by atoms with van der Waals surface area (Å²) in [5.41, 5.74) is 8.03. The van der Waals surface area contributed by atoms with E-state index >= 15 is 0 Å². The molecule has 2 aromatic rings. The van der Waals surface area contributed by atoms with E-state index in [-0.39, 0.29) is 23.6 Å². The summed E-state index contributed by atoms with van der Waals surface area (Å²) in [6.07, 6.45) is 2.19. The molecule has 1 aromatic heterocycles. The molecule has 140 valence electrons. The Kier molecular flexibility index (Phi) is 6.58. The molecule has 0 aliphatic carbocycles. The van der Waals surface area contributed by atoms with Crippen LogP contribution < -0.4 is 11.1 Å². The number of amides is 2. The SMILES string of the molecule is Cc1ccc(C(=O)N(C)CCC(N)C(C)C)cc1NC(=O)c1ccco1. The van der Waals surface area contributed by atoms with Crippen LogP contribution in [0.1, 0.15) is 46.7 Å². The van der Waals surface area contributed by atoms with Crippen molar-refractivity contribution in [3.8, 4) is 0 Å². The van der Waals surface area contributed by atoms with Gasteiger partial charge in [-0.3, -0.25) is 9.59 Å². The number of hydrogen-bond donors (Lipinski definition) is 2. The van der Waals surface area contributed by atoms with Crippen molar-refractivity contribution in [2.75, 3.05) is 18.9 Å². The number of rotatable bonds is 7. The van der Waals surface area contributed by atoms with Gasteiger partial charge in [0, 0.05) is 30.9 Å². The fourth-order valence-electron chi connectivity index (χ4n) is 2.48. The lowest BCUT2D eigenvalue weighted by atomic mass is 10.0. The smallest absolute Gasteiger partial charge is 0.291 e. The van der Waals surface area contributed by atoms with E-state index in [0.29, 0.717) is 23.7 Å². The van der Waals surface area contributed by atoms with Gasteiger partial charge in [0.25, 0.3) is 11.8 Å². The first kappa shape index (κ1) is 19.7. The van der Waals surface area contributed by atoms with Crippen LogP contribution in [0.5, 0.6) is 0 Å². The monoisotopic (exact) mass is 357 g/mol. The van der Waals surface area contributed by atoms with E-state index in [1.807, 2.05) is 13.0 Å². The Morgan fingerprint density at radius 1 is 1.27 bits per heavy atom.